The maximum atomic E-state index is 12.1. The van der Waals surface area contributed by atoms with Crippen molar-refractivity contribution in [3.8, 4) is 0 Å². The summed E-state index contributed by atoms with van der Waals surface area (Å²) in [4.78, 5) is 14.1. The normalized spacial score (nSPS) is 30.3. The van der Waals surface area contributed by atoms with Gasteiger partial charge < -0.3 is 10.6 Å². The minimum Gasteiger partial charge on any atom is -0.338 e. The van der Waals surface area contributed by atoms with Gasteiger partial charge in [0.1, 0.15) is 0 Å². The van der Waals surface area contributed by atoms with Crippen molar-refractivity contribution in [2.45, 2.75) is 52.6 Å². The monoisotopic (exact) mass is 212 g/mol. The number of carbonyl (C=O) groups is 1. The first kappa shape index (κ1) is 12.5. The fraction of sp³-hybridized carbons (Fsp3) is 0.917. The number of amides is 1. The lowest BCUT2D eigenvalue weighted by atomic mass is 9.99. The second-order valence-electron chi connectivity index (χ2n) is 5.09. The predicted octanol–water partition coefficient (Wildman–Crippen LogP) is 1.62. The molecule has 0 aromatic carbocycles. The summed E-state index contributed by atoms with van der Waals surface area (Å²) < 4.78 is 0. The minimum absolute atomic E-state index is 0.140. The lowest BCUT2D eigenvalue weighted by Crippen LogP contribution is -2.48. The molecule has 0 radical (unpaired) electrons. The predicted molar refractivity (Wildman–Crippen MR) is 62.4 cm³/mol. The van der Waals surface area contributed by atoms with Crippen LogP contribution in [-0.2, 0) is 4.79 Å². The zero-order valence-electron chi connectivity index (χ0n) is 10.4. The summed E-state index contributed by atoms with van der Waals surface area (Å²) in [7, 11) is 0. The van der Waals surface area contributed by atoms with E-state index in [0.717, 1.165) is 19.4 Å². The van der Waals surface area contributed by atoms with Crippen LogP contribution < -0.4 is 5.73 Å². The summed E-state index contributed by atoms with van der Waals surface area (Å²) in [5.74, 6) is 1.04. The standard InChI is InChI=1S/C12H24N2O/c1-5-9(3)11(13)12(15)14-7-8(2)6-10(14)4/h8-11H,5-7,13H2,1-4H3. The molecule has 0 aliphatic carbocycles. The van der Waals surface area contributed by atoms with Gasteiger partial charge in [0.05, 0.1) is 6.04 Å². The number of likely N-dealkylation sites (tertiary alicyclic amines) is 1. The highest BCUT2D eigenvalue weighted by molar-refractivity contribution is 5.82. The van der Waals surface area contributed by atoms with Crippen LogP contribution in [0.4, 0.5) is 0 Å². The van der Waals surface area contributed by atoms with E-state index in [4.69, 9.17) is 5.73 Å². The molecule has 2 N–H and O–H groups in total. The highest BCUT2D eigenvalue weighted by Crippen LogP contribution is 2.23. The Morgan fingerprint density at radius 2 is 2.13 bits per heavy atom. The van der Waals surface area contributed by atoms with Gasteiger partial charge in [-0.3, -0.25) is 4.79 Å². The molecule has 1 amide bonds. The van der Waals surface area contributed by atoms with Crippen molar-refractivity contribution < 1.29 is 4.79 Å². The van der Waals surface area contributed by atoms with Gasteiger partial charge in [0.15, 0.2) is 0 Å². The van der Waals surface area contributed by atoms with E-state index in [0.29, 0.717) is 12.0 Å². The molecule has 3 heteroatoms. The second-order valence-corrected chi connectivity index (χ2v) is 5.09. The Morgan fingerprint density at radius 1 is 1.53 bits per heavy atom. The Hall–Kier alpha value is -0.570. The van der Waals surface area contributed by atoms with E-state index in [1.165, 1.54) is 0 Å². The molecule has 1 aliphatic rings. The van der Waals surface area contributed by atoms with Crippen LogP contribution in [0.15, 0.2) is 0 Å². The van der Waals surface area contributed by atoms with Crippen LogP contribution in [-0.4, -0.2) is 29.4 Å². The van der Waals surface area contributed by atoms with Gasteiger partial charge in [-0.05, 0) is 25.2 Å². The Labute approximate surface area is 93.0 Å². The molecule has 0 spiro atoms. The number of rotatable bonds is 3. The number of nitrogens with zero attached hydrogens (tertiary/aromatic N) is 1. The van der Waals surface area contributed by atoms with Gasteiger partial charge in [-0.25, -0.2) is 0 Å². The lowest BCUT2D eigenvalue weighted by Gasteiger charge is -2.27. The summed E-state index contributed by atoms with van der Waals surface area (Å²) in [6.07, 6.45) is 2.07. The molecule has 1 aliphatic heterocycles. The first-order valence-corrected chi connectivity index (χ1v) is 6.03. The van der Waals surface area contributed by atoms with Gasteiger partial charge in [-0.15, -0.1) is 0 Å². The lowest BCUT2D eigenvalue weighted by molar-refractivity contribution is -0.134. The summed E-state index contributed by atoms with van der Waals surface area (Å²) >= 11 is 0. The van der Waals surface area contributed by atoms with Gasteiger partial charge in [-0.2, -0.15) is 0 Å². The molecule has 1 fully saturated rings. The Bertz CT molecular complexity index is 230. The maximum absolute atomic E-state index is 12.1. The Balaban J connectivity index is 2.60. The summed E-state index contributed by atoms with van der Waals surface area (Å²) in [5.41, 5.74) is 5.97. The van der Waals surface area contributed by atoms with E-state index in [-0.39, 0.29) is 17.9 Å². The van der Waals surface area contributed by atoms with E-state index in [1.54, 1.807) is 0 Å². The van der Waals surface area contributed by atoms with Crippen LogP contribution in [0.25, 0.3) is 0 Å². The first-order valence-electron chi connectivity index (χ1n) is 6.03. The van der Waals surface area contributed by atoms with Crippen molar-refractivity contribution in [1.82, 2.24) is 4.90 Å². The molecule has 4 unspecified atom stereocenters. The van der Waals surface area contributed by atoms with Gasteiger partial charge >= 0.3 is 0 Å². The molecule has 15 heavy (non-hydrogen) atoms. The molecule has 1 heterocycles. The highest BCUT2D eigenvalue weighted by atomic mass is 16.2. The van der Waals surface area contributed by atoms with Crippen molar-refractivity contribution in [3.63, 3.8) is 0 Å². The van der Waals surface area contributed by atoms with Crippen LogP contribution in [0.1, 0.15) is 40.5 Å². The van der Waals surface area contributed by atoms with E-state index >= 15 is 0 Å². The Kier molecular flexibility index (Phi) is 4.14. The van der Waals surface area contributed by atoms with Gasteiger partial charge in [0, 0.05) is 12.6 Å². The van der Waals surface area contributed by atoms with Gasteiger partial charge in [0.2, 0.25) is 5.91 Å². The van der Waals surface area contributed by atoms with E-state index in [1.807, 2.05) is 11.8 Å². The second kappa shape index (κ2) is 4.97. The van der Waals surface area contributed by atoms with Gasteiger partial charge in [0.25, 0.3) is 0 Å². The number of hydrogen-bond donors (Lipinski definition) is 1. The average Bonchev–Trinajstić information content (AvgIpc) is 2.54. The smallest absolute Gasteiger partial charge is 0.240 e. The van der Waals surface area contributed by atoms with E-state index < -0.39 is 0 Å². The number of hydrogen-bond acceptors (Lipinski definition) is 2. The largest absolute Gasteiger partial charge is 0.338 e. The molecular weight excluding hydrogens is 188 g/mol. The number of carbonyl (C=O) groups excluding carboxylic acids is 1. The van der Waals surface area contributed by atoms with Crippen LogP contribution in [0, 0.1) is 11.8 Å². The Morgan fingerprint density at radius 3 is 2.53 bits per heavy atom. The third-order valence-electron chi connectivity index (χ3n) is 3.61. The van der Waals surface area contributed by atoms with E-state index in [2.05, 4.69) is 20.8 Å². The van der Waals surface area contributed by atoms with E-state index in [9.17, 15) is 4.79 Å². The molecule has 88 valence electrons. The third kappa shape index (κ3) is 2.71. The molecule has 1 rings (SSSR count). The van der Waals surface area contributed by atoms with Crippen molar-refractivity contribution in [2.24, 2.45) is 17.6 Å². The fourth-order valence-corrected chi connectivity index (χ4v) is 2.30. The maximum Gasteiger partial charge on any atom is 0.240 e. The topological polar surface area (TPSA) is 46.3 Å². The summed E-state index contributed by atoms with van der Waals surface area (Å²) in [6.45, 7) is 9.31. The van der Waals surface area contributed by atoms with Crippen molar-refractivity contribution >= 4 is 5.91 Å². The van der Waals surface area contributed by atoms with Crippen molar-refractivity contribution in [3.05, 3.63) is 0 Å². The fourth-order valence-electron chi connectivity index (χ4n) is 2.30. The molecule has 0 aromatic heterocycles. The third-order valence-corrected chi connectivity index (χ3v) is 3.61. The zero-order valence-corrected chi connectivity index (χ0v) is 10.4. The molecule has 0 saturated carbocycles. The molecule has 3 nitrogen and oxygen atoms in total. The van der Waals surface area contributed by atoms with Crippen LogP contribution in [0.2, 0.25) is 0 Å². The molecule has 1 saturated heterocycles. The molecule has 0 aromatic rings. The highest BCUT2D eigenvalue weighted by Gasteiger charge is 2.33. The zero-order chi connectivity index (χ0) is 11.6. The summed E-state index contributed by atoms with van der Waals surface area (Å²) in [5, 5.41) is 0. The first-order chi connectivity index (χ1) is 6.97. The molecule has 0 bridgehead atoms. The van der Waals surface area contributed by atoms with Gasteiger partial charge in [-0.1, -0.05) is 27.2 Å². The van der Waals surface area contributed by atoms with Crippen molar-refractivity contribution in [2.75, 3.05) is 6.54 Å². The van der Waals surface area contributed by atoms with Crippen LogP contribution in [0.3, 0.4) is 0 Å². The molecular formula is C12H24N2O. The van der Waals surface area contributed by atoms with Crippen LogP contribution in [0.5, 0.6) is 0 Å². The van der Waals surface area contributed by atoms with Crippen molar-refractivity contribution in [1.29, 1.82) is 0 Å². The SMILES string of the molecule is CCC(C)C(N)C(=O)N1CC(C)CC1C. The quantitative estimate of drug-likeness (QED) is 0.772. The number of nitrogens with two attached hydrogens (primary N) is 1. The minimum atomic E-state index is -0.317. The average molecular weight is 212 g/mol. The van der Waals surface area contributed by atoms with Crippen LogP contribution >= 0.6 is 0 Å². The molecule has 4 atom stereocenters. The summed E-state index contributed by atoms with van der Waals surface area (Å²) in [6, 6.07) is 0.0466.